The first-order chi connectivity index (χ1) is 12.1. The van der Waals surface area contributed by atoms with Gasteiger partial charge in [-0.25, -0.2) is 0 Å². The highest BCUT2D eigenvalue weighted by molar-refractivity contribution is 7.07. The van der Waals surface area contributed by atoms with E-state index in [4.69, 9.17) is 0 Å². The van der Waals surface area contributed by atoms with Crippen molar-refractivity contribution in [1.82, 2.24) is 0 Å². The molecular weight excluding hydrogens is 326 g/mol. The highest BCUT2D eigenvalue weighted by Gasteiger charge is 2.48. The summed E-state index contributed by atoms with van der Waals surface area (Å²) in [5, 5.41) is 24.6. The van der Waals surface area contributed by atoms with Crippen LogP contribution in [0.15, 0.2) is 65.4 Å². The van der Waals surface area contributed by atoms with E-state index in [9.17, 15) is 10.4 Å². The molecule has 25 heavy (non-hydrogen) atoms. The van der Waals surface area contributed by atoms with Gasteiger partial charge in [0.15, 0.2) is 0 Å². The molecule has 3 heteroatoms. The fourth-order valence-electron chi connectivity index (χ4n) is 4.23. The Morgan fingerprint density at radius 3 is 2.68 bits per heavy atom. The van der Waals surface area contributed by atoms with Gasteiger partial charge >= 0.3 is 0 Å². The number of hydrogen-bond acceptors (Lipinski definition) is 3. The third-order valence-corrected chi connectivity index (χ3v) is 6.13. The van der Waals surface area contributed by atoms with E-state index >= 15 is 0 Å². The molecule has 2 nitrogen and oxygen atoms in total. The van der Waals surface area contributed by atoms with Gasteiger partial charge in [-0.05, 0) is 57.6 Å². The van der Waals surface area contributed by atoms with Gasteiger partial charge in [-0.3, -0.25) is 0 Å². The number of aliphatic hydroxyl groups excluding tert-OH is 1. The SMILES string of the molecule is C[C@@]1([C@H](O)c2ccsc2)Cc2ccc(C#N)cc2[C@@H]1c1ccccc1. The van der Waals surface area contributed by atoms with Crippen LogP contribution in [0.5, 0.6) is 0 Å². The summed E-state index contributed by atoms with van der Waals surface area (Å²) in [5.41, 5.74) is 4.88. The van der Waals surface area contributed by atoms with Crippen molar-refractivity contribution in [2.24, 2.45) is 5.41 Å². The zero-order valence-corrected chi connectivity index (χ0v) is 14.8. The maximum Gasteiger partial charge on any atom is 0.0991 e. The summed E-state index contributed by atoms with van der Waals surface area (Å²) in [6, 6.07) is 20.5. The van der Waals surface area contributed by atoms with E-state index in [1.54, 1.807) is 11.3 Å². The van der Waals surface area contributed by atoms with Crippen molar-refractivity contribution in [3.63, 3.8) is 0 Å². The van der Waals surface area contributed by atoms with Crippen LogP contribution in [-0.2, 0) is 6.42 Å². The predicted molar refractivity (Wildman–Crippen MR) is 101 cm³/mol. The maximum absolute atomic E-state index is 11.2. The number of thiophene rings is 1. The van der Waals surface area contributed by atoms with Gasteiger partial charge in [-0.2, -0.15) is 16.6 Å². The molecule has 4 rings (SSSR count). The lowest BCUT2D eigenvalue weighted by atomic mass is 9.69. The van der Waals surface area contributed by atoms with Gasteiger partial charge in [-0.15, -0.1) is 0 Å². The lowest BCUT2D eigenvalue weighted by molar-refractivity contribution is 0.0321. The number of hydrogen-bond donors (Lipinski definition) is 1. The van der Waals surface area contributed by atoms with Gasteiger partial charge in [0.05, 0.1) is 17.7 Å². The van der Waals surface area contributed by atoms with E-state index in [1.807, 2.05) is 47.2 Å². The van der Waals surface area contributed by atoms with Crippen molar-refractivity contribution in [3.05, 3.63) is 93.2 Å². The minimum Gasteiger partial charge on any atom is -0.388 e. The van der Waals surface area contributed by atoms with Gasteiger partial charge < -0.3 is 5.11 Å². The molecule has 124 valence electrons. The van der Waals surface area contributed by atoms with E-state index < -0.39 is 6.10 Å². The molecule has 3 atom stereocenters. The summed E-state index contributed by atoms with van der Waals surface area (Å²) < 4.78 is 0. The van der Waals surface area contributed by atoms with Crippen molar-refractivity contribution in [1.29, 1.82) is 5.26 Å². The molecule has 1 aliphatic rings. The molecule has 1 aliphatic carbocycles. The molecule has 0 fully saturated rings. The summed E-state index contributed by atoms with van der Waals surface area (Å²) in [4.78, 5) is 0. The third-order valence-electron chi connectivity index (χ3n) is 5.43. The van der Waals surface area contributed by atoms with Crippen LogP contribution in [0.25, 0.3) is 0 Å². The Kier molecular flexibility index (Phi) is 3.95. The van der Waals surface area contributed by atoms with Crippen molar-refractivity contribution in [3.8, 4) is 6.07 Å². The second kappa shape index (κ2) is 6.15. The van der Waals surface area contributed by atoms with E-state index in [2.05, 4.69) is 31.2 Å². The molecule has 0 amide bonds. The minimum atomic E-state index is -0.554. The zero-order valence-electron chi connectivity index (χ0n) is 14.0. The average Bonchev–Trinajstić information content (AvgIpc) is 3.27. The van der Waals surface area contributed by atoms with Crippen LogP contribution in [0.1, 0.15) is 46.8 Å². The van der Waals surface area contributed by atoms with Crippen LogP contribution in [0.4, 0.5) is 0 Å². The molecule has 0 radical (unpaired) electrons. The molecule has 0 unspecified atom stereocenters. The van der Waals surface area contributed by atoms with E-state index in [-0.39, 0.29) is 11.3 Å². The molecule has 1 aromatic heterocycles. The fourth-order valence-corrected chi connectivity index (χ4v) is 4.91. The summed E-state index contributed by atoms with van der Waals surface area (Å²) in [6.07, 6.45) is 0.242. The van der Waals surface area contributed by atoms with Crippen LogP contribution in [0, 0.1) is 16.7 Å². The van der Waals surface area contributed by atoms with Gasteiger partial charge in [-0.1, -0.05) is 43.3 Å². The Labute approximate surface area is 152 Å². The number of fused-ring (bicyclic) bond motifs is 1. The predicted octanol–water partition coefficient (Wildman–Crippen LogP) is 5.05. The van der Waals surface area contributed by atoms with Crippen molar-refractivity contribution in [2.45, 2.75) is 25.4 Å². The van der Waals surface area contributed by atoms with Gasteiger partial charge in [0.2, 0.25) is 0 Å². The van der Waals surface area contributed by atoms with Gasteiger partial charge in [0, 0.05) is 11.3 Å². The van der Waals surface area contributed by atoms with Crippen LogP contribution >= 0.6 is 11.3 Å². The molecule has 0 bridgehead atoms. The second-order valence-corrected chi connectivity index (χ2v) is 7.79. The molecule has 1 heterocycles. The molecule has 3 aromatic rings. The topological polar surface area (TPSA) is 44.0 Å². The fraction of sp³-hybridized carbons (Fsp3) is 0.227. The Morgan fingerprint density at radius 1 is 1.20 bits per heavy atom. The zero-order chi connectivity index (χ0) is 17.4. The standard InChI is InChI=1S/C22H19NOS/c1-22(21(24)18-9-10-25-14-18)12-17-8-7-15(13-23)11-19(17)20(22)16-5-3-2-4-6-16/h2-11,14,20-21,24H,12H2,1H3/t20-,21+,22+/m0/s1. The van der Waals surface area contributed by atoms with Crippen molar-refractivity contribution < 1.29 is 5.11 Å². The molecule has 2 aromatic carbocycles. The average molecular weight is 345 g/mol. The molecule has 0 saturated heterocycles. The monoisotopic (exact) mass is 345 g/mol. The van der Waals surface area contributed by atoms with Crippen molar-refractivity contribution in [2.75, 3.05) is 0 Å². The number of benzene rings is 2. The Bertz CT molecular complexity index is 926. The normalized spacial score (nSPS) is 23.0. The Balaban J connectivity index is 1.88. The van der Waals surface area contributed by atoms with E-state index in [0.29, 0.717) is 5.56 Å². The number of nitrogens with zero attached hydrogens (tertiary/aromatic N) is 1. The summed E-state index contributed by atoms with van der Waals surface area (Å²) in [5.74, 6) is 0.0619. The van der Waals surface area contributed by atoms with Gasteiger partial charge in [0.25, 0.3) is 0 Å². The highest BCUT2D eigenvalue weighted by Crippen LogP contribution is 2.56. The first-order valence-electron chi connectivity index (χ1n) is 8.41. The first-order valence-corrected chi connectivity index (χ1v) is 9.36. The second-order valence-electron chi connectivity index (χ2n) is 7.01. The van der Waals surface area contributed by atoms with E-state index in [0.717, 1.165) is 12.0 Å². The molecule has 0 aliphatic heterocycles. The number of rotatable bonds is 3. The van der Waals surface area contributed by atoms with Crippen LogP contribution in [0.3, 0.4) is 0 Å². The van der Waals surface area contributed by atoms with Gasteiger partial charge in [0.1, 0.15) is 0 Å². The van der Waals surface area contributed by atoms with Crippen LogP contribution in [-0.4, -0.2) is 5.11 Å². The maximum atomic E-state index is 11.2. The number of aliphatic hydroxyl groups is 1. The Hall–Kier alpha value is -2.41. The quantitative estimate of drug-likeness (QED) is 0.722. The molecule has 1 N–H and O–H groups in total. The lowest BCUT2D eigenvalue weighted by Crippen LogP contribution is -2.30. The van der Waals surface area contributed by atoms with Crippen molar-refractivity contribution >= 4 is 11.3 Å². The largest absolute Gasteiger partial charge is 0.388 e. The van der Waals surface area contributed by atoms with E-state index in [1.165, 1.54) is 16.7 Å². The Morgan fingerprint density at radius 2 is 2.00 bits per heavy atom. The summed E-state index contributed by atoms with van der Waals surface area (Å²) >= 11 is 1.61. The lowest BCUT2D eigenvalue weighted by Gasteiger charge is -2.37. The minimum absolute atomic E-state index is 0.0619. The van der Waals surface area contributed by atoms with Crippen LogP contribution in [0.2, 0.25) is 0 Å². The smallest absolute Gasteiger partial charge is 0.0991 e. The summed E-state index contributed by atoms with van der Waals surface area (Å²) in [6.45, 7) is 2.17. The molecule has 0 saturated carbocycles. The highest BCUT2D eigenvalue weighted by atomic mass is 32.1. The summed E-state index contributed by atoms with van der Waals surface area (Å²) in [7, 11) is 0. The molecular formula is C22H19NOS. The van der Waals surface area contributed by atoms with Crippen LogP contribution < -0.4 is 0 Å². The number of nitriles is 1. The molecule has 0 spiro atoms. The third kappa shape index (κ3) is 2.59. The first kappa shape index (κ1) is 16.1.